The number of likely N-dealkylation sites (tertiary alicyclic amines) is 1. The molecular formula is C27H32N4O3S. The van der Waals surface area contributed by atoms with E-state index in [0.717, 1.165) is 48.5 Å². The number of hydrogen-bond acceptors (Lipinski definition) is 7. The van der Waals surface area contributed by atoms with Gasteiger partial charge in [0, 0.05) is 0 Å². The van der Waals surface area contributed by atoms with Crippen LogP contribution < -0.4 is 9.47 Å². The molecule has 0 bridgehead atoms. The third-order valence-corrected chi connectivity index (χ3v) is 7.81. The largest absolute Gasteiger partial charge is 0.493 e. The highest BCUT2D eigenvalue weighted by atomic mass is 32.1. The van der Waals surface area contributed by atoms with E-state index in [0.29, 0.717) is 29.1 Å². The topological polar surface area (TPSA) is 72.1 Å². The van der Waals surface area contributed by atoms with Crippen molar-refractivity contribution >= 4 is 16.3 Å². The summed E-state index contributed by atoms with van der Waals surface area (Å²) in [6.07, 6.45) is 3.33. The second-order valence-electron chi connectivity index (χ2n) is 9.06. The first-order valence-corrected chi connectivity index (χ1v) is 13.0. The highest BCUT2D eigenvalue weighted by molar-refractivity contribution is 7.17. The van der Waals surface area contributed by atoms with Gasteiger partial charge in [-0.2, -0.15) is 4.52 Å². The van der Waals surface area contributed by atoms with Crippen molar-refractivity contribution in [3.05, 3.63) is 70.4 Å². The summed E-state index contributed by atoms with van der Waals surface area (Å²) in [5.41, 5.74) is 2.46. The number of benzene rings is 2. The van der Waals surface area contributed by atoms with Gasteiger partial charge in [-0.25, -0.2) is 4.98 Å². The van der Waals surface area contributed by atoms with Gasteiger partial charge in [0.05, 0.1) is 24.6 Å². The molecule has 0 saturated carbocycles. The number of methoxy groups -OCH3 is 1. The van der Waals surface area contributed by atoms with E-state index in [9.17, 15) is 5.11 Å². The quantitative estimate of drug-likeness (QED) is 0.362. The lowest BCUT2D eigenvalue weighted by molar-refractivity contribution is 0.150. The second-order valence-corrected chi connectivity index (χ2v) is 10.1. The number of aryl methyl sites for hydroxylation is 1. The molecule has 1 fully saturated rings. The molecule has 184 valence electrons. The molecule has 5 rings (SSSR count). The van der Waals surface area contributed by atoms with Crippen LogP contribution in [0.5, 0.6) is 17.4 Å². The fourth-order valence-corrected chi connectivity index (χ4v) is 6.21. The molecule has 1 aliphatic rings. The Morgan fingerprint density at radius 2 is 1.89 bits per heavy atom. The van der Waals surface area contributed by atoms with Crippen LogP contribution in [0.3, 0.4) is 0 Å². The number of fused-ring (bicyclic) bond motifs is 1. The molecule has 35 heavy (non-hydrogen) atoms. The Bertz CT molecular complexity index is 1280. The molecule has 0 radical (unpaired) electrons. The Hall–Kier alpha value is -3.10. The van der Waals surface area contributed by atoms with Crippen LogP contribution in [-0.2, 0) is 6.42 Å². The normalized spacial score (nSPS) is 16.0. The summed E-state index contributed by atoms with van der Waals surface area (Å²) in [6.45, 7) is 6.27. The van der Waals surface area contributed by atoms with Crippen LogP contribution in [0.4, 0.5) is 0 Å². The average Bonchev–Trinajstić information content (AvgIpc) is 3.38. The average molecular weight is 493 g/mol. The zero-order valence-corrected chi connectivity index (χ0v) is 21.3. The summed E-state index contributed by atoms with van der Waals surface area (Å²) < 4.78 is 13.0. The smallest absolute Gasteiger partial charge is 0.230 e. The van der Waals surface area contributed by atoms with Gasteiger partial charge in [0.1, 0.15) is 5.82 Å². The van der Waals surface area contributed by atoms with Gasteiger partial charge >= 0.3 is 0 Å². The number of piperidine rings is 1. The maximum atomic E-state index is 11.2. The fourth-order valence-electron chi connectivity index (χ4n) is 5.05. The Balaban J connectivity index is 1.46. The van der Waals surface area contributed by atoms with Gasteiger partial charge in [-0.05, 0) is 75.4 Å². The minimum Gasteiger partial charge on any atom is -0.493 e. The highest BCUT2D eigenvalue weighted by Gasteiger charge is 2.32. The van der Waals surface area contributed by atoms with Gasteiger partial charge < -0.3 is 14.6 Å². The lowest BCUT2D eigenvalue weighted by Crippen LogP contribution is -2.37. The zero-order valence-electron chi connectivity index (χ0n) is 20.5. The molecule has 0 amide bonds. The van der Waals surface area contributed by atoms with E-state index in [2.05, 4.69) is 51.4 Å². The second kappa shape index (κ2) is 10.3. The van der Waals surface area contributed by atoms with E-state index in [1.807, 2.05) is 26.0 Å². The van der Waals surface area contributed by atoms with Crippen molar-refractivity contribution in [3.8, 4) is 17.4 Å². The van der Waals surface area contributed by atoms with Crippen LogP contribution in [0, 0.1) is 12.8 Å². The van der Waals surface area contributed by atoms with Gasteiger partial charge in [-0.15, -0.1) is 5.10 Å². The number of aromatic nitrogens is 3. The molecule has 3 heterocycles. The number of ether oxygens (including phenoxy) is 2. The first-order valence-electron chi connectivity index (χ1n) is 12.2. The summed E-state index contributed by atoms with van der Waals surface area (Å²) in [5.74, 6) is 2.89. The van der Waals surface area contributed by atoms with Crippen molar-refractivity contribution in [3.63, 3.8) is 0 Å². The first kappa shape index (κ1) is 23.6. The maximum absolute atomic E-state index is 11.2. The molecule has 0 aliphatic carbocycles. The number of thiazole rings is 1. The van der Waals surface area contributed by atoms with Gasteiger partial charge in [0.2, 0.25) is 10.8 Å². The van der Waals surface area contributed by atoms with Crippen LogP contribution in [0.1, 0.15) is 47.6 Å². The molecule has 2 aromatic heterocycles. The molecular weight excluding hydrogens is 460 g/mol. The summed E-state index contributed by atoms with van der Waals surface area (Å²) in [5, 5.41) is 15.6. The fraction of sp³-hybridized carbons (Fsp3) is 0.407. The van der Waals surface area contributed by atoms with Crippen LogP contribution in [0.15, 0.2) is 48.5 Å². The van der Waals surface area contributed by atoms with Crippen molar-refractivity contribution in [2.24, 2.45) is 5.92 Å². The maximum Gasteiger partial charge on any atom is 0.230 e. The molecule has 4 aromatic rings. The molecule has 7 nitrogen and oxygen atoms in total. The zero-order chi connectivity index (χ0) is 24.4. The lowest BCUT2D eigenvalue weighted by Gasteiger charge is -2.37. The number of aromatic hydroxyl groups is 1. The van der Waals surface area contributed by atoms with Crippen molar-refractivity contribution in [2.45, 2.75) is 39.2 Å². The van der Waals surface area contributed by atoms with E-state index in [-0.39, 0.29) is 11.9 Å². The van der Waals surface area contributed by atoms with Crippen molar-refractivity contribution in [1.29, 1.82) is 0 Å². The highest BCUT2D eigenvalue weighted by Crippen LogP contribution is 2.43. The Morgan fingerprint density at radius 1 is 1.11 bits per heavy atom. The molecule has 1 N–H and O–H groups in total. The minimum atomic E-state index is -0.119. The van der Waals surface area contributed by atoms with Gasteiger partial charge in [-0.1, -0.05) is 47.7 Å². The summed E-state index contributed by atoms with van der Waals surface area (Å²) in [4.78, 5) is 8.52. The summed E-state index contributed by atoms with van der Waals surface area (Å²) in [7, 11) is 1.66. The summed E-state index contributed by atoms with van der Waals surface area (Å²) >= 11 is 1.50. The predicted molar refractivity (Wildman–Crippen MR) is 138 cm³/mol. The van der Waals surface area contributed by atoms with Crippen LogP contribution in [-0.4, -0.2) is 51.4 Å². The molecule has 2 aromatic carbocycles. The molecule has 1 saturated heterocycles. The lowest BCUT2D eigenvalue weighted by atomic mass is 9.88. The standard InChI is InChI=1S/C27H32N4O3S/c1-4-34-22-11-10-21(17-23(22)33-3)24(25-26(32)31-27(35-25)28-18(2)29-31)30-14-12-20(13-15-30)16-19-8-6-5-7-9-19/h5-11,17,20,24,32H,4,12-16H2,1-3H3/t24-/m1/s1. The minimum absolute atomic E-state index is 0.119. The van der Waals surface area contributed by atoms with E-state index in [1.165, 1.54) is 16.9 Å². The SMILES string of the molecule is CCOc1ccc([C@H](c2sc3nc(C)nn3c2O)N2CCC(Cc3ccccc3)CC2)cc1OC. The van der Waals surface area contributed by atoms with Crippen LogP contribution in [0.2, 0.25) is 0 Å². The van der Waals surface area contributed by atoms with E-state index in [4.69, 9.17) is 9.47 Å². The third-order valence-electron chi connectivity index (χ3n) is 6.74. The number of nitrogens with zero attached hydrogens (tertiary/aromatic N) is 4. The van der Waals surface area contributed by atoms with E-state index in [1.54, 1.807) is 11.6 Å². The monoisotopic (exact) mass is 492 g/mol. The van der Waals surface area contributed by atoms with Crippen LogP contribution >= 0.6 is 11.3 Å². The van der Waals surface area contributed by atoms with Crippen molar-refractivity contribution in [2.75, 3.05) is 26.8 Å². The molecule has 0 unspecified atom stereocenters. The number of rotatable bonds is 8. The van der Waals surface area contributed by atoms with Crippen molar-refractivity contribution < 1.29 is 14.6 Å². The number of hydrogen-bond donors (Lipinski definition) is 1. The van der Waals surface area contributed by atoms with Crippen molar-refractivity contribution in [1.82, 2.24) is 19.5 Å². The predicted octanol–water partition coefficient (Wildman–Crippen LogP) is 5.26. The summed E-state index contributed by atoms with van der Waals surface area (Å²) in [6, 6.07) is 16.7. The molecule has 1 aliphatic heterocycles. The Morgan fingerprint density at radius 3 is 2.57 bits per heavy atom. The van der Waals surface area contributed by atoms with Crippen LogP contribution in [0.25, 0.3) is 4.96 Å². The van der Waals surface area contributed by atoms with Gasteiger partial charge in [0.15, 0.2) is 11.5 Å². The van der Waals surface area contributed by atoms with Gasteiger partial charge in [0.25, 0.3) is 0 Å². The van der Waals surface area contributed by atoms with Gasteiger partial charge in [-0.3, -0.25) is 4.90 Å². The Labute approximate surface area is 210 Å². The third kappa shape index (κ3) is 4.86. The van der Waals surface area contributed by atoms with E-state index < -0.39 is 0 Å². The van der Waals surface area contributed by atoms with E-state index >= 15 is 0 Å². The molecule has 1 atom stereocenters. The molecule has 0 spiro atoms. The molecule has 8 heteroatoms. The Kier molecular flexibility index (Phi) is 6.92. The first-order chi connectivity index (χ1) is 17.1.